The topological polar surface area (TPSA) is 90.9 Å². The van der Waals surface area contributed by atoms with Gasteiger partial charge in [-0.05, 0) is 79.7 Å². The lowest BCUT2D eigenvalue weighted by Gasteiger charge is -2.63. The average Bonchev–Trinajstić information content (AvgIpc) is 2.88. The first kappa shape index (κ1) is 19.8. The van der Waals surface area contributed by atoms with Gasteiger partial charge in [0.25, 0.3) is 0 Å². The Morgan fingerprint density at radius 3 is 2.55 bits per heavy atom. The van der Waals surface area contributed by atoms with Crippen molar-refractivity contribution in [1.82, 2.24) is 0 Å². The lowest BCUT2D eigenvalue weighted by molar-refractivity contribution is -0.205. The number of aliphatic hydroxyl groups is 3. The fraction of sp³-hybridized carbons (Fsp3) is 0.792. The normalized spacial score (nSPS) is 51.8. The van der Waals surface area contributed by atoms with Gasteiger partial charge in [-0.15, -0.1) is 0 Å². The zero-order valence-corrected chi connectivity index (χ0v) is 17.5. The molecular weight excluding hydrogens is 368 g/mol. The first-order valence-electron chi connectivity index (χ1n) is 11.4. The molecule has 0 unspecified atom stereocenters. The molecule has 1 heterocycles. The Balaban J connectivity index is 1.52. The van der Waals surface area contributed by atoms with Crippen molar-refractivity contribution in [3.8, 4) is 0 Å². The van der Waals surface area contributed by atoms with Crippen LogP contribution in [0, 0.1) is 28.6 Å². The number of fused-ring (bicyclic) bond motifs is 5. The van der Waals surface area contributed by atoms with Crippen LogP contribution < -0.4 is 5.63 Å². The fourth-order valence-electron chi connectivity index (χ4n) is 8.38. The molecule has 4 fully saturated rings. The Bertz CT molecular complexity index is 829. The number of hydrogen-bond donors (Lipinski definition) is 3. The predicted molar refractivity (Wildman–Crippen MR) is 108 cm³/mol. The molecule has 1 aromatic heterocycles. The van der Waals surface area contributed by atoms with Crippen LogP contribution in [0.3, 0.4) is 0 Å². The van der Waals surface area contributed by atoms with Crippen molar-refractivity contribution in [3.63, 3.8) is 0 Å². The van der Waals surface area contributed by atoms with Crippen LogP contribution in [0.1, 0.15) is 76.7 Å². The molecule has 0 saturated heterocycles. The molecule has 0 aliphatic heterocycles. The number of hydrogen-bond acceptors (Lipinski definition) is 5. The average molecular weight is 403 g/mol. The van der Waals surface area contributed by atoms with Crippen LogP contribution in [0.5, 0.6) is 0 Å². The molecule has 3 N–H and O–H groups in total. The summed E-state index contributed by atoms with van der Waals surface area (Å²) in [5, 5.41) is 33.5. The largest absolute Gasteiger partial charge is 0.431 e. The van der Waals surface area contributed by atoms with Gasteiger partial charge in [-0.2, -0.15) is 0 Å². The van der Waals surface area contributed by atoms with Gasteiger partial charge < -0.3 is 19.7 Å². The molecule has 9 atom stereocenters. The molecule has 0 spiro atoms. The molecule has 4 aliphatic carbocycles. The van der Waals surface area contributed by atoms with E-state index in [1.807, 2.05) is 0 Å². The molecule has 160 valence electrons. The Morgan fingerprint density at radius 1 is 1.03 bits per heavy atom. The van der Waals surface area contributed by atoms with Crippen molar-refractivity contribution in [1.29, 1.82) is 0 Å². The first-order valence-corrected chi connectivity index (χ1v) is 11.4. The summed E-state index contributed by atoms with van der Waals surface area (Å²) in [5.41, 5.74) is -0.766. The highest BCUT2D eigenvalue weighted by atomic mass is 16.4. The molecule has 5 rings (SSSR count). The zero-order chi connectivity index (χ0) is 20.6. The molecule has 4 saturated carbocycles. The fourth-order valence-corrected chi connectivity index (χ4v) is 8.38. The van der Waals surface area contributed by atoms with Crippen molar-refractivity contribution >= 4 is 0 Å². The van der Waals surface area contributed by atoms with E-state index in [0.29, 0.717) is 18.3 Å². The third kappa shape index (κ3) is 2.60. The number of aliphatic hydroxyl groups excluding tert-OH is 2. The van der Waals surface area contributed by atoms with E-state index in [-0.39, 0.29) is 23.4 Å². The summed E-state index contributed by atoms with van der Waals surface area (Å²) < 4.78 is 5.11. The second-order valence-corrected chi connectivity index (χ2v) is 10.9. The van der Waals surface area contributed by atoms with E-state index >= 15 is 0 Å². The third-order valence-corrected chi connectivity index (χ3v) is 9.92. The smallest absolute Gasteiger partial charge is 0.335 e. The van der Waals surface area contributed by atoms with E-state index in [4.69, 9.17) is 4.42 Å². The van der Waals surface area contributed by atoms with E-state index in [2.05, 4.69) is 13.8 Å². The summed E-state index contributed by atoms with van der Waals surface area (Å²) >= 11 is 0. The minimum atomic E-state index is -0.916. The predicted octanol–water partition coefficient (Wildman–Crippen LogP) is 3.21. The van der Waals surface area contributed by atoms with Crippen LogP contribution in [0.2, 0.25) is 0 Å². The lowest BCUT2D eigenvalue weighted by atomic mass is 9.43. The Morgan fingerprint density at radius 2 is 1.83 bits per heavy atom. The van der Waals surface area contributed by atoms with Gasteiger partial charge >= 0.3 is 5.63 Å². The summed E-state index contributed by atoms with van der Waals surface area (Å²) in [7, 11) is 0. The van der Waals surface area contributed by atoms with Crippen LogP contribution in [0.15, 0.2) is 27.6 Å². The summed E-state index contributed by atoms with van der Waals surface area (Å²) in [4.78, 5) is 11.4. The minimum absolute atomic E-state index is 0.168. The van der Waals surface area contributed by atoms with Crippen molar-refractivity contribution < 1.29 is 19.7 Å². The molecule has 0 bridgehead atoms. The van der Waals surface area contributed by atoms with Gasteiger partial charge in [0.2, 0.25) is 0 Å². The lowest BCUT2D eigenvalue weighted by Crippen LogP contribution is -2.62. The monoisotopic (exact) mass is 402 g/mol. The quantitative estimate of drug-likeness (QED) is 0.671. The molecular formula is C24H34O5. The van der Waals surface area contributed by atoms with E-state index in [9.17, 15) is 20.1 Å². The molecule has 29 heavy (non-hydrogen) atoms. The van der Waals surface area contributed by atoms with E-state index in [1.165, 1.54) is 12.3 Å². The van der Waals surface area contributed by atoms with Crippen LogP contribution >= 0.6 is 0 Å². The molecule has 0 radical (unpaired) electrons. The van der Waals surface area contributed by atoms with Crippen molar-refractivity contribution in [2.75, 3.05) is 0 Å². The van der Waals surface area contributed by atoms with Crippen LogP contribution in [-0.2, 0) is 0 Å². The molecule has 1 aromatic rings. The van der Waals surface area contributed by atoms with Gasteiger partial charge in [0.05, 0.1) is 24.1 Å². The Kier molecular flexibility index (Phi) is 4.37. The maximum atomic E-state index is 12.2. The first-order chi connectivity index (χ1) is 13.7. The SMILES string of the molecule is C[C@]12CC[C@H](O)C[C@H]1CC[C@@H]1[C@H]2CC[C@]2(C)[C@H](c3ccc(=O)oc3)[C@@H](O)C[C@]12O. The van der Waals surface area contributed by atoms with E-state index < -0.39 is 22.7 Å². The molecule has 5 nitrogen and oxygen atoms in total. The second kappa shape index (κ2) is 6.41. The maximum Gasteiger partial charge on any atom is 0.335 e. The van der Waals surface area contributed by atoms with Gasteiger partial charge in [0, 0.05) is 23.8 Å². The summed E-state index contributed by atoms with van der Waals surface area (Å²) in [6, 6.07) is 3.16. The van der Waals surface area contributed by atoms with E-state index in [0.717, 1.165) is 50.5 Å². The molecule has 0 aromatic carbocycles. The number of rotatable bonds is 1. The van der Waals surface area contributed by atoms with Gasteiger partial charge in [0.15, 0.2) is 0 Å². The van der Waals surface area contributed by atoms with Crippen LogP contribution in [-0.4, -0.2) is 33.1 Å². The second-order valence-electron chi connectivity index (χ2n) is 10.9. The Hall–Kier alpha value is -1.17. The summed E-state index contributed by atoms with van der Waals surface area (Å²) in [6.45, 7) is 4.52. The van der Waals surface area contributed by atoms with Gasteiger partial charge in [-0.3, -0.25) is 0 Å². The van der Waals surface area contributed by atoms with Gasteiger partial charge in [-0.1, -0.05) is 13.8 Å². The highest BCUT2D eigenvalue weighted by molar-refractivity contribution is 5.29. The maximum absolute atomic E-state index is 12.2. The van der Waals surface area contributed by atoms with Crippen LogP contribution in [0.25, 0.3) is 0 Å². The van der Waals surface area contributed by atoms with Crippen molar-refractivity contribution in [2.45, 2.75) is 88.9 Å². The van der Waals surface area contributed by atoms with Crippen LogP contribution in [0.4, 0.5) is 0 Å². The van der Waals surface area contributed by atoms with Crippen molar-refractivity contribution in [3.05, 3.63) is 34.4 Å². The standard InChI is InChI=1S/C24H34O5/c1-22-9-7-16(25)11-15(22)4-5-18-17(22)8-10-23(2)21(19(26)12-24(18,23)28)14-3-6-20(27)29-13-14/h3,6,13,15-19,21,25-26,28H,4-5,7-12H2,1-2H3/t15-,16+,17-,18-,19+,21-,22+,23-,24+/m1/s1. The summed E-state index contributed by atoms with van der Waals surface area (Å²) in [6.07, 6.45) is 7.75. The summed E-state index contributed by atoms with van der Waals surface area (Å²) in [5.74, 6) is 0.919. The van der Waals surface area contributed by atoms with Crippen molar-refractivity contribution in [2.24, 2.45) is 28.6 Å². The van der Waals surface area contributed by atoms with Gasteiger partial charge in [0.1, 0.15) is 0 Å². The molecule has 5 heteroatoms. The van der Waals surface area contributed by atoms with Gasteiger partial charge in [-0.25, -0.2) is 4.79 Å². The zero-order valence-electron chi connectivity index (χ0n) is 17.5. The van der Waals surface area contributed by atoms with E-state index in [1.54, 1.807) is 6.07 Å². The molecule has 4 aliphatic rings. The highest BCUT2D eigenvalue weighted by Crippen LogP contribution is 2.70. The molecule has 0 amide bonds. The Labute approximate surface area is 172 Å². The highest BCUT2D eigenvalue weighted by Gasteiger charge is 2.69. The minimum Gasteiger partial charge on any atom is -0.431 e. The third-order valence-electron chi connectivity index (χ3n) is 9.92.